The molecule has 1 saturated carbocycles. The average Bonchev–Trinajstić information content (AvgIpc) is 2.90. The summed E-state index contributed by atoms with van der Waals surface area (Å²) in [6.45, 7) is 2.49. The zero-order valence-electron chi connectivity index (χ0n) is 10.5. The number of piperidine rings is 1. The number of nitrogens with zero attached hydrogens (tertiary/aromatic N) is 1. The van der Waals surface area contributed by atoms with Gasteiger partial charge < -0.3 is 5.73 Å². The quantitative estimate of drug-likeness (QED) is 0.829. The van der Waals surface area contributed by atoms with Gasteiger partial charge in [0.05, 0.1) is 4.90 Å². The van der Waals surface area contributed by atoms with Crippen LogP contribution in [-0.2, 0) is 10.0 Å². The Morgan fingerprint density at radius 1 is 1.33 bits per heavy atom. The molecule has 1 aliphatic heterocycles. The lowest BCUT2D eigenvalue weighted by Crippen LogP contribution is -2.37. The van der Waals surface area contributed by atoms with Crippen LogP contribution in [0.1, 0.15) is 24.8 Å². The normalized spacial score (nSPS) is 27.8. The van der Waals surface area contributed by atoms with Crippen molar-refractivity contribution in [3.63, 3.8) is 0 Å². The molecule has 1 aliphatic carbocycles. The smallest absolute Gasteiger partial charge is 0.243 e. The van der Waals surface area contributed by atoms with E-state index in [4.69, 9.17) is 5.73 Å². The van der Waals surface area contributed by atoms with Gasteiger partial charge in [0.25, 0.3) is 0 Å². The number of hydrogen-bond acceptors (Lipinski definition) is 3. The highest BCUT2D eigenvalue weighted by atomic mass is 32.2. The molecule has 2 N–H and O–H groups in total. The van der Waals surface area contributed by atoms with Crippen molar-refractivity contribution in [1.82, 2.24) is 4.31 Å². The molecule has 1 saturated heterocycles. The highest BCUT2D eigenvalue weighted by Crippen LogP contribution is 2.40. The first-order valence-corrected chi connectivity index (χ1v) is 7.80. The molecule has 0 aromatic heterocycles. The molecule has 98 valence electrons. The number of hydrogen-bond donors (Lipinski definition) is 1. The molecule has 2 aliphatic rings. The van der Waals surface area contributed by atoms with Gasteiger partial charge in [0.15, 0.2) is 0 Å². The van der Waals surface area contributed by atoms with Crippen LogP contribution >= 0.6 is 0 Å². The summed E-state index contributed by atoms with van der Waals surface area (Å²) in [5.74, 6) is 0.568. The van der Waals surface area contributed by atoms with Crippen LogP contribution in [0, 0.1) is 12.8 Å². The number of aryl methyl sites for hydroxylation is 1. The minimum atomic E-state index is -3.34. The minimum Gasteiger partial charge on any atom is -0.399 e. The maximum Gasteiger partial charge on any atom is 0.243 e. The van der Waals surface area contributed by atoms with Gasteiger partial charge in [0, 0.05) is 18.3 Å². The first kappa shape index (κ1) is 12.0. The Labute approximate surface area is 108 Å². The standard InChI is InChI=1S/C13H18N2O2S/c1-9-6-11(14)3-5-13(9)18(16,17)15-8-10-2-4-12(15)7-10/h3,5-6,10,12H,2,4,7-8,14H2,1H3. The third-order valence-corrected chi connectivity index (χ3v) is 6.22. The number of anilines is 1. The third-order valence-electron chi connectivity index (χ3n) is 4.14. The van der Waals surface area contributed by atoms with Crippen molar-refractivity contribution in [2.75, 3.05) is 12.3 Å². The van der Waals surface area contributed by atoms with E-state index in [1.807, 2.05) is 0 Å². The van der Waals surface area contributed by atoms with Crippen molar-refractivity contribution < 1.29 is 8.42 Å². The van der Waals surface area contributed by atoms with E-state index in [9.17, 15) is 8.42 Å². The van der Waals surface area contributed by atoms with Crippen molar-refractivity contribution in [2.24, 2.45) is 5.92 Å². The molecule has 2 fully saturated rings. The molecule has 0 spiro atoms. The SMILES string of the molecule is Cc1cc(N)ccc1S(=O)(=O)N1CC2CCC1C2. The van der Waals surface area contributed by atoms with Gasteiger partial charge in [0.2, 0.25) is 10.0 Å². The van der Waals surface area contributed by atoms with Crippen LogP contribution in [0.4, 0.5) is 5.69 Å². The van der Waals surface area contributed by atoms with E-state index in [1.54, 1.807) is 29.4 Å². The number of sulfonamides is 1. The van der Waals surface area contributed by atoms with Gasteiger partial charge >= 0.3 is 0 Å². The van der Waals surface area contributed by atoms with Gasteiger partial charge in [-0.05, 0) is 55.9 Å². The van der Waals surface area contributed by atoms with Gasteiger partial charge in [0.1, 0.15) is 0 Å². The Morgan fingerprint density at radius 3 is 2.67 bits per heavy atom. The van der Waals surface area contributed by atoms with Crippen LogP contribution in [0.3, 0.4) is 0 Å². The number of nitrogen functional groups attached to an aromatic ring is 1. The van der Waals surface area contributed by atoms with Gasteiger partial charge in [-0.25, -0.2) is 8.42 Å². The lowest BCUT2D eigenvalue weighted by atomic mass is 10.1. The summed E-state index contributed by atoms with van der Waals surface area (Å²) in [6.07, 6.45) is 3.22. The lowest BCUT2D eigenvalue weighted by molar-refractivity contribution is 0.333. The molecule has 0 amide bonds. The lowest BCUT2D eigenvalue weighted by Gasteiger charge is -2.26. The molecule has 2 bridgehead atoms. The minimum absolute atomic E-state index is 0.219. The Kier molecular flexibility index (Phi) is 2.64. The van der Waals surface area contributed by atoms with Crippen LogP contribution in [0.5, 0.6) is 0 Å². The summed E-state index contributed by atoms with van der Waals surface area (Å²) in [5.41, 5.74) is 7.02. The summed E-state index contributed by atoms with van der Waals surface area (Å²) in [4.78, 5) is 0.407. The monoisotopic (exact) mass is 266 g/mol. The third kappa shape index (κ3) is 1.73. The number of fused-ring (bicyclic) bond motifs is 2. The molecule has 0 radical (unpaired) electrons. The highest BCUT2D eigenvalue weighted by Gasteiger charge is 2.44. The van der Waals surface area contributed by atoms with E-state index in [-0.39, 0.29) is 6.04 Å². The van der Waals surface area contributed by atoms with E-state index in [0.717, 1.165) is 18.4 Å². The molecule has 4 nitrogen and oxygen atoms in total. The molecule has 3 rings (SSSR count). The summed E-state index contributed by atoms with van der Waals surface area (Å²) in [5, 5.41) is 0. The largest absolute Gasteiger partial charge is 0.399 e. The van der Waals surface area contributed by atoms with E-state index in [0.29, 0.717) is 23.0 Å². The number of rotatable bonds is 2. The van der Waals surface area contributed by atoms with Gasteiger partial charge in [-0.3, -0.25) is 0 Å². The second-order valence-corrected chi connectivity index (χ2v) is 7.29. The van der Waals surface area contributed by atoms with Crippen LogP contribution < -0.4 is 5.73 Å². The zero-order chi connectivity index (χ0) is 12.9. The maximum absolute atomic E-state index is 12.6. The average molecular weight is 266 g/mol. The summed E-state index contributed by atoms with van der Waals surface area (Å²) < 4.78 is 27.0. The van der Waals surface area contributed by atoms with Crippen molar-refractivity contribution in [2.45, 2.75) is 37.1 Å². The molecule has 5 heteroatoms. The Balaban J connectivity index is 2.00. The van der Waals surface area contributed by atoms with Crippen molar-refractivity contribution >= 4 is 15.7 Å². The first-order chi connectivity index (χ1) is 8.48. The predicted molar refractivity (Wildman–Crippen MR) is 70.6 cm³/mol. The van der Waals surface area contributed by atoms with Crippen molar-refractivity contribution in [3.8, 4) is 0 Å². The van der Waals surface area contributed by atoms with Crippen molar-refractivity contribution in [3.05, 3.63) is 23.8 Å². The Hall–Kier alpha value is -1.07. The highest BCUT2D eigenvalue weighted by molar-refractivity contribution is 7.89. The topological polar surface area (TPSA) is 63.4 Å². The molecule has 1 aromatic rings. The summed E-state index contributed by atoms with van der Waals surface area (Å²) in [7, 11) is -3.34. The number of benzene rings is 1. The zero-order valence-corrected chi connectivity index (χ0v) is 11.3. The second kappa shape index (κ2) is 3.96. The molecule has 1 aromatic carbocycles. The molecule has 2 unspecified atom stereocenters. The fourth-order valence-corrected chi connectivity index (χ4v) is 5.21. The maximum atomic E-state index is 12.6. The van der Waals surface area contributed by atoms with E-state index in [2.05, 4.69) is 0 Å². The fraction of sp³-hybridized carbons (Fsp3) is 0.538. The molecule has 18 heavy (non-hydrogen) atoms. The summed E-state index contributed by atoms with van der Waals surface area (Å²) >= 11 is 0. The predicted octanol–water partition coefficient (Wildman–Crippen LogP) is 1.75. The van der Waals surface area contributed by atoms with E-state index >= 15 is 0 Å². The van der Waals surface area contributed by atoms with Gasteiger partial charge in [-0.2, -0.15) is 4.31 Å². The molecule has 2 atom stereocenters. The summed E-state index contributed by atoms with van der Waals surface area (Å²) in [6, 6.07) is 5.23. The Morgan fingerprint density at radius 2 is 2.11 bits per heavy atom. The first-order valence-electron chi connectivity index (χ1n) is 6.36. The fourth-order valence-electron chi connectivity index (χ4n) is 3.26. The molecule has 1 heterocycles. The van der Waals surface area contributed by atoms with Gasteiger partial charge in [-0.15, -0.1) is 0 Å². The van der Waals surface area contributed by atoms with Crippen LogP contribution in [-0.4, -0.2) is 25.3 Å². The van der Waals surface area contributed by atoms with Crippen molar-refractivity contribution in [1.29, 1.82) is 0 Å². The van der Waals surface area contributed by atoms with Gasteiger partial charge in [-0.1, -0.05) is 0 Å². The number of nitrogens with two attached hydrogens (primary N) is 1. The van der Waals surface area contributed by atoms with Crippen LogP contribution in [0.25, 0.3) is 0 Å². The Bertz CT molecular complexity index is 583. The van der Waals surface area contributed by atoms with E-state index in [1.165, 1.54) is 6.42 Å². The second-order valence-electron chi connectivity index (χ2n) is 5.43. The van der Waals surface area contributed by atoms with Crippen LogP contribution in [0.15, 0.2) is 23.1 Å². The van der Waals surface area contributed by atoms with Crippen LogP contribution in [0.2, 0.25) is 0 Å². The molecular weight excluding hydrogens is 248 g/mol. The van der Waals surface area contributed by atoms with E-state index < -0.39 is 10.0 Å². The molecular formula is C13H18N2O2S.